The highest BCUT2D eigenvalue weighted by molar-refractivity contribution is 9.10. The number of aryl methyl sites for hydroxylation is 1. The lowest BCUT2D eigenvalue weighted by Crippen LogP contribution is -2.47. The third-order valence-electron chi connectivity index (χ3n) is 4.66. The highest BCUT2D eigenvalue weighted by Gasteiger charge is 2.53. The largest absolute Gasteiger partial charge is 0.411 e. The maximum atomic E-state index is 13.7. The lowest BCUT2D eigenvalue weighted by molar-refractivity contribution is -0.145. The minimum atomic E-state index is -4.70. The predicted molar refractivity (Wildman–Crippen MR) is 100 cm³/mol. The molecule has 0 N–H and O–H groups in total. The van der Waals surface area contributed by atoms with Gasteiger partial charge in [0.2, 0.25) is 0 Å². The molecular formula is C18H14BrF3N2O2S. The second-order valence-corrected chi connectivity index (χ2v) is 9.22. The zero-order valence-corrected chi connectivity index (χ0v) is 16.4. The summed E-state index contributed by atoms with van der Waals surface area (Å²) in [6.07, 6.45) is -4.70. The van der Waals surface area contributed by atoms with E-state index in [0.717, 1.165) is 10.0 Å². The van der Waals surface area contributed by atoms with E-state index in [1.54, 1.807) is 37.3 Å². The van der Waals surface area contributed by atoms with Gasteiger partial charge in [-0.3, -0.25) is 0 Å². The van der Waals surface area contributed by atoms with Crippen LogP contribution in [0, 0.1) is 6.92 Å². The Balaban J connectivity index is 1.93. The van der Waals surface area contributed by atoms with Gasteiger partial charge in [-0.15, -0.1) is 0 Å². The molecule has 0 bridgehead atoms. The average molecular weight is 459 g/mol. The first-order chi connectivity index (χ1) is 12.6. The van der Waals surface area contributed by atoms with E-state index in [4.69, 9.17) is 0 Å². The smallest absolute Gasteiger partial charge is 0.324 e. The van der Waals surface area contributed by atoms with Gasteiger partial charge >= 0.3 is 6.18 Å². The maximum absolute atomic E-state index is 13.7. The van der Waals surface area contributed by atoms with Crippen LogP contribution in [0.25, 0.3) is 10.9 Å². The van der Waals surface area contributed by atoms with Crippen molar-refractivity contribution >= 4 is 42.7 Å². The summed E-state index contributed by atoms with van der Waals surface area (Å²) in [5.41, 5.74) is 1.38. The number of benzene rings is 2. The lowest BCUT2D eigenvalue weighted by atomic mass is 10.2. The van der Waals surface area contributed by atoms with Crippen molar-refractivity contribution in [2.45, 2.75) is 30.6 Å². The number of hydrogen-bond donors (Lipinski definition) is 0. The molecule has 4 rings (SSSR count). The normalized spacial score (nSPS) is 17.5. The molecule has 1 atom stereocenters. The molecule has 1 aromatic heterocycles. The van der Waals surface area contributed by atoms with E-state index in [1.165, 1.54) is 22.8 Å². The topological polar surface area (TPSA) is 42.3 Å². The summed E-state index contributed by atoms with van der Waals surface area (Å²) in [7, 11) is -4.38. The van der Waals surface area contributed by atoms with Gasteiger partial charge in [-0.2, -0.15) is 13.2 Å². The molecular weight excluding hydrogens is 445 g/mol. The third kappa shape index (κ3) is 2.93. The van der Waals surface area contributed by atoms with Crippen molar-refractivity contribution in [2.75, 3.05) is 4.31 Å². The number of aromatic nitrogens is 1. The van der Waals surface area contributed by atoms with E-state index in [-0.39, 0.29) is 10.7 Å². The second kappa shape index (κ2) is 6.00. The van der Waals surface area contributed by atoms with Crippen molar-refractivity contribution in [3.05, 3.63) is 58.6 Å². The maximum Gasteiger partial charge on any atom is 0.411 e. The molecule has 1 aliphatic heterocycles. The molecule has 1 aliphatic rings. The summed E-state index contributed by atoms with van der Waals surface area (Å²) in [6.45, 7) is 1.30. The zero-order chi connectivity index (χ0) is 19.6. The standard InChI is InChI=1S/C18H14BrF3N2O2S/c1-11-2-5-14(6-3-11)27(25,26)24-16(18(20,21)22)10-23-15-7-4-13(19)8-12(15)9-17(23)24/h2-9,16H,10H2,1H3. The quantitative estimate of drug-likeness (QED) is 0.550. The molecule has 4 nitrogen and oxygen atoms in total. The fourth-order valence-corrected chi connectivity index (χ4v) is 5.36. The van der Waals surface area contributed by atoms with Crippen molar-refractivity contribution in [1.29, 1.82) is 0 Å². The molecule has 2 heterocycles. The van der Waals surface area contributed by atoms with Gasteiger partial charge in [0.25, 0.3) is 10.0 Å². The van der Waals surface area contributed by atoms with Crippen molar-refractivity contribution in [3.63, 3.8) is 0 Å². The lowest BCUT2D eigenvalue weighted by Gasteiger charge is -2.27. The molecule has 1 unspecified atom stereocenters. The second-order valence-electron chi connectivity index (χ2n) is 6.49. The Morgan fingerprint density at radius 3 is 2.37 bits per heavy atom. The van der Waals surface area contributed by atoms with Crippen molar-refractivity contribution in [3.8, 4) is 0 Å². The van der Waals surface area contributed by atoms with E-state index < -0.39 is 28.8 Å². The summed E-state index contributed by atoms with van der Waals surface area (Å²) >= 11 is 3.33. The number of anilines is 1. The Kier molecular flexibility index (Phi) is 4.08. The summed E-state index contributed by atoms with van der Waals surface area (Å²) in [6, 6.07) is 10.3. The highest BCUT2D eigenvalue weighted by atomic mass is 79.9. The van der Waals surface area contributed by atoms with Crippen LogP contribution in [0.2, 0.25) is 0 Å². The Morgan fingerprint density at radius 2 is 1.74 bits per heavy atom. The van der Waals surface area contributed by atoms with Gasteiger partial charge in [-0.1, -0.05) is 33.6 Å². The summed E-state index contributed by atoms with van der Waals surface area (Å²) in [5, 5.41) is 0.670. The van der Waals surface area contributed by atoms with Crippen molar-refractivity contribution in [2.24, 2.45) is 0 Å². The number of nitrogens with zero attached hydrogens (tertiary/aromatic N) is 2. The van der Waals surface area contributed by atoms with Crippen LogP contribution in [0.1, 0.15) is 5.56 Å². The Morgan fingerprint density at radius 1 is 1.07 bits per heavy atom. The first kappa shape index (κ1) is 18.4. The van der Waals surface area contributed by atoms with Gasteiger partial charge in [0, 0.05) is 15.4 Å². The minimum Gasteiger partial charge on any atom is -0.324 e. The summed E-state index contributed by atoms with van der Waals surface area (Å²) in [5.74, 6) is 0.0194. The van der Waals surface area contributed by atoms with Gasteiger partial charge in [-0.25, -0.2) is 12.7 Å². The first-order valence-electron chi connectivity index (χ1n) is 8.05. The fourth-order valence-electron chi connectivity index (χ4n) is 3.36. The molecule has 0 saturated carbocycles. The van der Waals surface area contributed by atoms with Crippen LogP contribution in [0.5, 0.6) is 0 Å². The highest BCUT2D eigenvalue weighted by Crippen LogP contribution is 2.43. The number of sulfonamides is 1. The molecule has 0 amide bonds. The van der Waals surface area contributed by atoms with E-state index in [2.05, 4.69) is 15.9 Å². The molecule has 0 fully saturated rings. The van der Waals surface area contributed by atoms with Gasteiger partial charge < -0.3 is 4.57 Å². The van der Waals surface area contributed by atoms with Gasteiger partial charge in [0.05, 0.1) is 11.4 Å². The van der Waals surface area contributed by atoms with E-state index in [1.807, 2.05) is 0 Å². The number of halogens is 4. The molecule has 3 aromatic rings. The van der Waals surface area contributed by atoms with Crippen LogP contribution in [0.3, 0.4) is 0 Å². The van der Waals surface area contributed by atoms with Crippen LogP contribution in [-0.4, -0.2) is 25.2 Å². The van der Waals surface area contributed by atoms with Crippen LogP contribution in [-0.2, 0) is 16.6 Å². The number of fused-ring (bicyclic) bond motifs is 3. The first-order valence-corrected chi connectivity index (χ1v) is 10.3. The van der Waals surface area contributed by atoms with E-state index in [0.29, 0.717) is 15.2 Å². The molecule has 142 valence electrons. The molecule has 0 spiro atoms. The Hall–Kier alpha value is -2.00. The molecule has 27 heavy (non-hydrogen) atoms. The van der Waals surface area contributed by atoms with Gasteiger partial charge in [0.1, 0.15) is 5.82 Å². The SMILES string of the molecule is Cc1ccc(S(=O)(=O)N2c3cc4cc(Br)ccc4n3CC2C(F)(F)F)cc1. The monoisotopic (exact) mass is 458 g/mol. The number of alkyl halides is 3. The number of hydrogen-bond acceptors (Lipinski definition) is 2. The number of rotatable bonds is 2. The van der Waals surface area contributed by atoms with Gasteiger partial charge in [-0.05, 0) is 43.3 Å². The Bertz CT molecular complexity index is 1140. The average Bonchev–Trinajstić information content (AvgIpc) is 3.10. The minimum absolute atomic E-state index is 0.0194. The van der Waals surface area contributed by atoms with E-state index >= 15 is 0 Å². The van der Waals surface area contributed by atoms with E-state index in [9.17, 15) is 21.6 Å². The third-order valence-corrected chi connectivity index (χ3v) is 6.98. The van der Waals surface area contributed by atoms with Crippen LogP contribution in [0.4, 0.5) is 19.0 Å². The summed E-state index contributed by atoms with van der Waals surface area (Å²) < 4.78 is 70.0. The predicted octanol–water partition coefficient (Wildman–Crippen LogP) is 4.85. The Labute approximate surface area is 162 Å². The molecule has 0 aliphatic carbocycles. The molecule has 2 aromatic carbocycles. The zero-order valence-electron chi connectivity index (χ0n) is 14.0. The molecule has 0 radical (unpaired) electrons. The van der Waals surface area contributed by atoms with Crippen molar-refractivity contribution in [1.82, 2.24) is 4.57 Å². The molecule has 9 heteroatoms. The van der Waals surface area contributed by atoms with Crippen LogP contribution < -0.4 is 4.31 Å². The molecule has 0 saturated heterocycles. The van der Waals surface area contributed by atoms with Crippen LogP contribution in [0.15, 0.2) is 57.9 Å². The fraction of sp³-hybridized carbons (Fsp3) is 0.222. The summed E-state index contributed by atoms with van der Waals surface area (Å²) in [4.78, 5) is -0.165. The van der Waals surface area contributed by atoms with Gasteiger partial charge in [0.15, 0.2) is 6.04 Å². The van der Waals surface area contributed by atoms with Crippen molar-refractivity contribution < 1.29 is 21.6 Å². The van der Waals surface area contributed by atoms with Crippen LogP contribution >= 0.6 is 15.9 Å².